The molecule has 2 N–H and O–H groups in total. The van der Waals surface area contributed by atoms with Crippen molar-refractivity contribution in [2.24, 2.45) is 5.41 Å². The summed E-state index contributed by atoms with van der Waals surface area (Å²) in [4.78, 5) is 22.7. The molecule has 0 bridgehead atoms. The molecule has 21 heavy (non-hydrogen) atoms. The van der Waals surface area contributed by atoms with Gasteiger partial charge in [0.1, 0.15) is 0 Å². The summed E-state index contributed by atoms with van der Waals surface area (Å²) in [5, 5.41) is 18.4. The fourth-order valence-corrected chi connectivity index (χ4v) is 1.30. The minimum Gasteiger partial charge on any atom is -0.462 e. The lowest BCUT2D eigenvalue weighted by Gasteiger charge is -2.20. The molecular formula is C15H26O6. The molecule has 1 atom stereocenters. The summed E-state index contributed by atoms with van der Waals surface area (Å²) in [6, 6.07) is 0. The summed E-state index contributed by atoms with van der Waals surface area (Å²) in [5.74, 6) is -1.49. The molecule has 122 valence electrons. The van der Waals surface area contributed by atoms with Gasteiger partial charge in [-0.05, 0) is 6.42 Å². The highest BCUT2D eigenvalue weighted by Gasteiger charge is 2.18. The second-order valence-corrected chi connectivity index (χ2v) is 5.65. The minimum atomic E-state index is -1.15. The molecule has 0 aromatic rings. The van der Waals surface area contributed by atoms with Crippen LogP contribution in [0.3, 0.4) is 0 Å². The second-order valence-electron chi connectivity index (χ2n) is 5.65. The molecule has 1 unspecified atom stereocenters. The molecule has 0 heterocycles. The third kappa shape index (κ3) is 11.0. The molecule has 0 rings (SSSR count). The standard InChI is InChI=1S/C15H26O6/c1-4-5-6-7-13(18)21-14(19)9-8-12(17)20-11-15(2,3)10-16/h8-9,13,16,18H,4-7,10-11H2,1-3H3/b9-8+. The Morgan fingerprint density at radius 3 is 2.38 bits per heavy atom. The molecule has 0 fully saturated rings. The van der Waals surface area contributed by atoms with Crippen LogP contribution < -0.4 is 0 Å². The molecule has 0 aliphatic carbocycles. The summed E-state index contributed by atoms with van der Waals surface area (Å²) in [6.07, 6.45) is 3.81. The summed E-state index contributed by atoms with van der Waals surface area (Å²) in [5.41, 5.74) is -0.528. The van der Waals surface area contributed by atoms with Crippen LogP contribution in [-0.2, 0) is 19.1 Å². The van der Waals surface area contributed by atoms with Crippen LogP contribution in [0.1, 0.15) is 46.5 Å². The first-order valence-corrected chi connectivity index (χ1v) is 7.15. The van der Waals surface area contributed by atoms with Gasteiger partial charge < -0.3 is 19.7 Å². The molecule has 0 aromatic heterocycles. The van der Waals surface area contributed by atoms with Gasteiger partial charge >= 0.3 is 11.9 Å². The van der Waals surface area contributed by atoms with Crippen LogP contribution in [0.25, 0.3) is 0 Å². The summed E-state index contributed by atoms with van der Waals surface area (Å²) >= 11 is 0. The molecule has 0 saturated heterocycles. The first-order valence-electron chi connectivity index (χ1n) is 7.15. The molecule has 0 spiro atoms. The Morgan fingerprint density at radius 2 is 1.81 bits per heavy atom. The van der Waals surface area contributed by atoms with E-state index in [-0.39, 0.29) is 13.2 Å². The van der Waals surface area contributed by atoms with Crippen molar-refractivity contribution >= 4 is 11.9 Å². The zero-order valence-electron chi connectivity index (χ0n) is 13.0. The number of rotatable bonds is 10. The lowest BCUT2D eigenvalue weighted by Crippen LogP contribution is -2.25. The number of aliphatic hydroxyl groups excluding tert-OH is 2. The van der Waals surface area contributed by atoms with Gasteiger partial charge in [-0.3, -0.25) is 0 Å². The fraction of sp³-hybridized carbons (Fsp3) is 0.733. The van der Waals surface area contributed by atoms with Crippen molar-refractivity contribution in [2.45, 2.75) is 52.7 Å². The monoisotopic (exact) mass is 302 g/mol. The molecule has 0 aromatic carbocycles. The van der Waals surface area contributed by atoms with Gasteiger partial charge in [-0.1, -0.05) is 33.6 Å². The lowest BCUT2D eigenvalue weighted by atomic mass is 9.97. The average molecular weight is 302 g/mol. The fourth-order valence-electron chi connectivity index (χ4n) is 1.30. The highest BCUT2D eigenvalue weighted by atomic mass is 16.6. The Labute approximate surface area is 125 Å². The Balaban J connectivity index is 4.00. The van der Waals surface area contributed by atoms with Gasteiger partial charge in [-0.15, -0.1) is 0 Å². The number of carbonyl (C=O) groups is 2. The summed E-state index contributed by atoms with van der Waals surface area (Å²) in [6.45, 7) is 5.44. The third-order valence-electron chi connectivity index (χ3n) is 2.70. The van der Waals surface area contributed by atoms with Crippen molar-refractivity contribution in [1.29, 1.82) is 0 Å². The van der Waals surface area contributed by atoms with Crippen LogP contribution in [0.5, 0.6) is 0 Å². The van der Waals surface area contributed by atoms with E-state index in [1.54, 1.807) is 13.8 Å². The molecule has 0 radical (unpaired) electrons. The first-order chi connectivity index (χ1) is 9.80. The summed E-state index contributed by atoms with van der Waals surface area (Å²) in [7, 11) is 0. The quantitative estimate of drug-likeness (QED) is 0.275. The van der Waals surface area contributed by atoms with Crippen LogP contribution in [-0.4, -0.2) is 41.7 Å². The van der Waals surface area contributed by atoms with Crippen molar-refractivity contribution in [3.05, 3.63) is 12.2 Å². The molecule has 0 aliphatic rings. The normalized spacial score (nSPS) is 13.2. The topological polar surface area (TPSA) is 93.1 Å². The predicted octanol–water partition coefficient (Wildman–Crippen LogP) is 1.55. The Bertz CT molecular complexity index is 348. The van der Waals surface area contributed by atoms with E-state index < -0.39 is 23.6 Å². The number of ether oxygens (including phenoxy) is 2. The number of hydrogen-bond donors (Lipinski definition) is 2. The van der Waals surface area contributed by atoms with Gasteiger partial charge in [0.15, 0.2) is 0 Å². The zero-order valence-corrected chi connectivity index (χ0v) is 13.0. The van der Waals surface area contributed by atoms with Crippen molar-refractivity contribution in [2.75, 3.05) is 13.2 Å². The van der Waals surface area contributed by atoms with Gasteiger partial charge in [0.2, 0.25) is 6.29 Å². The predicted molar refractivity (Wildman–Crippen MR) is 77.2 cm³/mol. The maximum absolute atomic E-state index is 11.3. The largest absolute Gasteiger partial charge is 0.462 e. The van der Waals surface area contributed by atoms with Crippen molar-refractivity contribution in [1.82, 2.24) is 0 Å². The van der Waals surface area contributed by atoms with E-state index in [2.05, 4.69) is 0 Å². The zero-order chi connectivity index (χ0) is 16.3. The number of carbonyl (C=O) groups excluding carboxylic acids is 2. The van der Waals surface area contributed by atoms with Gasteiger partial charge in [0.25, 0.3) is 0 Å². The highest BCUT2D eigenvalue weighted by molar-refractivity contribution is 5.91. The van der Waals surface area contributed by atoms with E-state index in [9.17, 15) is 14.7 Å². The summed E-state index contributed by atoms with van der Waals surface area (Å²) < 4.78 is 9.57. The molecule has 6 nitrogen and oxygen atoms in total. The third-order valence-corrected chi connectivity index (χ3v) is 2.70. The molecular weight excluding hydrogens is 276 g/mol. The SMILES string of the molecule is CCCCCC(O)OC(=O)/C=C/C(=O)OCC(C)(C)CO. The van der Waals surface area contributed by atoms with Gasteiger partial charge in [-0.2, -0.15) is 0 Å². The van der Waals surface area contributed by atoms with Gasteiger partial charge in [0, 0.05) is 24.0 Å². The van der Waals surface area contributed by atoms with Gasteiger partial charge in [-0.25, -0.2) is 9.59 Å². The molecule has 0 aliphatic heterocycles. The lowest BCUT2D eigenvalue weighted by molar-refractivity contribution is -0.162. The van der Waals surface area contributed by atoms with Crippen LogP contribution >= 0.6 is 0 Å². The van der Waals surface area contributed by atoms with E-state index >= 15 is 0 Å². The Morgan fingerprint density at radius 1 is 1.19 bits per heavy atom. The van der Waals surface area contributed by atoms with Crippen molar-refractivity contribution < 1.29 is 29.3 Å². The van der Waals surface area contributed by atoms with Crippen molar-refractivity contribution in [3.8, 4) is 0 Å². The molecule has 0 amide bonds. The van der Waals surface area contributed by atoms with Gasteiger partial charge in [0.05, 0.1) is 13.2 Å². The number of esters is 2. The van der Waals surface area contributed by atoms with E-state index in [0.29, 0.717) is 6.42 Å². The van der Waals surface area contributed by atoms with Crippen LogP contribution in [0, 0.1) is 5.41 Å². The van der Waals surface area contributed by atoms with E-state index in [1.165, 1.54) is 0 Å². The average Bonchev–Trinajstić information content (AvgIpc) is 2.43. The molecule has 6 heteroatoms. The smallest absolute Gasteiger partial charge is 0.333 e. The molecule has 0 saturated carbocycles. The second kappa shape index (κ2) is 10.3. The maximum atomic E-state index is 11.3. The number of hydrogen-bond acceptors (Lipinski definition) is 6. The van der Waals surface area contributed by atoms with E-state index in [4.69, 9.17) is 14.6 Å². The van der Waals surface area contributed by atoms with E-state index in [0.717, 1.165) is 31.4 Å². The number of aliphatic hydroxyl groups is 2. The number of unbranched alkanes of at least 4 members (excludes halogenated alkanes) is 2. The van der Waals surface area contributed by atoms with Crippen molar-refractivity contribution in [3.63, 3.8) is 0 Å². The van der Waals surface area contributed by atoms with E-state index in [1.807, 2.05) is 6.92 Å². The minimum absolute atomic E-state index is 0.0430. The Hall–Kier alpha value is -1.40. The first kappa shape index (κ1) is 19.6. The van der Waals surface area contributed by atoms with Crippen LogP contribution in [0.2, 0.25) is 0 Å². The maximum Gasteiger partial charge on any atom is 0.333 e. The van der Waals surface area contributed by atoms with Crippen LogP contribution in [0.4, 0.5) is 0 Å². The van der Waals surface area contributed by atoms with Crippen LogP contribution in [0.15, 0.2) is 12.2 Å². The Kier molecular flexibility index (Phi) is 9.65. The highest BCUT2D eigenvalue weighted by Crippen LogP contribution is 2.13.